The van der Waals surface area contributed by atoms with Crippen LogP contribution in [0.1, 0.15) is 44.6 Å². The van der Waals surface area contributed by atoms with Crippen LogP contribution in [0.2, 0.25) is 0 Å². The van der Waals surface area contributed by atoms with E-state index in [2.05, 4.69) is 27.4 Å². The van der Waals surface area contributed by atoms with E-state index in [0.29, 0.717) is 10.9 Å². The predicted molar refractivity (Wildman–Crippen MR) is 117 cm³/mol. The number of sulfone groups is 1. The summed E-state index contributed by atoms with van der Waals surface area (Å²) in [6.45, 7) is 6.33. The lowest BCUT2D eigenvalue weighted by molar-refractivity contribution is 0.147. The zero-order chi connectivity index (χ0) is 20.4. The number of unbranched alkanes of at least 4 members (excludes halogenated alkanes) is 1. The van der Waals surface area contributed by atoms with Crippen molar-refractivity contribution in [2.24, 2.45) is 4.99 Å². The fourth-order valence-electron chi connectivity index (χ4n) is 3.61. The van der Waals surface area contributed by atoms with Crippen LogP contribution in [0, 0.1) is 0 Å². The fourth-order valence-corrected chi connectivity index (χ4v) is 4.24. The Morgan fingerprint density at radius 2 is 1.96 bits per heavy atom. The van der Waals surface area contributed by atoms with Crippen molar-refractivity contribution in [1.29, 1.82) is 0 Å². The van der Waals surface area contributed by atoms with Gasteiger partial charge in [0.05, 0.1) is 4.90 Å². The lowest BCUT2D eigenvalue weighted by atomic mass is 10.0. The summed E-state index contributed by atoms with van der Waals surface area (Å²) < 4.78 is 23.1. The van der Waals surface area contributed by atoms with Crippen molar-refractivity contribution in [3.63, 3.8) is 0 Å². The first-order chi connectivity index (χ1) is 13.4. The third kappa shape index (κ3) is 7.43. The molecule has 6 nitrogen and oxygen atoms in total. The van der Waals surface area contributed by atoms with E-state index in [1.807, 2.05) is 12.1 Å². The van der Waals surface area contributed by atoms with Gasteiger partial charge in [-0.3, -0.25) is 9.89 Å². The third-order valence-corrected chi connectivity index (χ3v) is 6.46. The van der Waals surface area contributed by atoms with E-state index in [9.17, 15) is 8.42 Å². The maximum Gasteiger partial charge on any atom is 0.191 e. The molecule has 1 heterocycles. The van der Waals surface area contributed by atoms with Crippen LogP contribution in [-0.4, -0.2) is 64.8 Å². The van der Waals surface area contributed by atoms with Gasteiger partial charge in [0.15, 0.2) is 15.8 Å². The number of guanidine groups is 1. The van der Waals surface area contributed by atoms with Gasteiger partial charge in [0, 0.05) is 32.4 Å². The molecule has 28 heavy (non-hydrogen) atoms. The first kappa shape index (κ1) is 22.7. The Hall–Kier alpha value is -1.60. The number of piperidine rings is 1. The van der Waals surface area contributed by atoms with E-state index in [1.54, 1.807) is 19.2 Å². The summed E-state index contributed by atoms with van der Waals surface area (Å²) in [4.78, 5) is 7.32. The van der Waals surface area contributed by atoms with Gasteiger partial charge in [-0.2, -0.15) is 0 Å². The third-order valence-electron chi connectivity index (χ3n) is 5.33. The molecule has 2 N–H and O–H groups in total. The van der Waals surface area contributed by atoms with Crippen LogP contribution in [-0.2, 0) is 16.3 Å². The number of rotatable bonds is 9. The van der Waals surface area contributed by atoms with Gasteiger partial charge in [0.1, 0.15) is 0 Å². The van der Waals surface area contributed by atoms with E-state index >= 15 is 0 Å². The van der Waals surface area contributed by atoms with Crippen LogP contribution >= 0.6 is 0 Å². The minimum atomic E-state index is -3.13. The molecular formula is C21H36N4O2S. The molecule has 1 aliphatic rings. The Bertz CT molecular complexity index is 716. The smallest absolute Gasteiger partial charge is 0.191 e. The molecule has 1 fully saturated rings. The number of aliphatic imine (C=N–C) groups is 1. The van der Waals surface area contributed by atoms with Gasteiger partial charge in [0.25, 0.3) is 0 Å². The highest BCUT2D eigenvalue weighted by atomic mass is 32.2. The number of nitrogens with zero attached hydrogens (tertiary/aromatic N) is 2. The number of benzene rings is 1. The Morgan fingerprint density at radius 3 is 2.61 bits per heavy atom. The summed E-state index contributed by atoms with van der Waals surface area (Å²) in [6.07, 6.45) is 8.43. The Morgan fingerprint density at radius 1 is 1.21 bits per heavy atom. The molecule has 0 amide bonds. The molecule has 0 saturated carbocycles. The summed E-state index contributed by atoms with van der Waals surface area (Å²) in [5.41, 5.74) is 1.10. The monoisotopic (exact) mass is 408 g/mol. The van der Waals surface area contributed by atoms with Gasteiger partial charge in [0.2, 0.25) is 0 Å². The molecule has 1 unspecified atom stereocenters. The van der Waals surface area contributed by atoms with Crippen LogP contribution in [0.5, 0.6) is 0 Å². The standard InChI is InChI=1S/C21H36N4O2S/c1-4-5-15-25-16-7-6-8-19(25)17-24-21(22-2)23-14-13-18-9-11-20(12-10-18)28(3,26)27/h9-12,19H,4-8,13-17H2,1-3H3,(H2,22,23,24). The van der Waals surface area contributed by atoms with Crippen molar-refractivity contribution < 1.29 is 8.42 Å². The van der Waals surface area contributed by atoms with Crippen LogP contribution in [0.25, 0.3) is 0 Å². The summed E-state index contributed by atoms with van der Waals surface area (Å²) >= 11 is 0. The number of nitrogens with one attached hydrogen (secondary N) is 2. The average Bonchev–Trinajstić information content (AvgIpc) is 2.69. The second-order valence-electron chi connectivity index (χ2n) is 7.59. The zero-order valence-electron chi connectivity index (χ0n) is 17.6. The SMILES string of the molecule is CCCCN1CCCCC1CNC(=NC)NCCc1ccc(S(C)(=O)=O)cc1. The van der Waals surface area contributed by atoms with Crippen molar-refractivity contribution in [3.05, 3.63) is 29.8 Å². The van der Waals surface area contributed by atoms with Gasteiger partial charge in [-0.15, -0.1) is 0 Å². The molecule has 1 aromatic rings. The number of hydrogen-bond acceptors (Lipinski definition) is 4. The highest BCUT2D eigenvalue weighted by molar-refractivity contribution is 7.90. The van der Waals surface area contributed by atoms with Gasteiger partial charge in [-0.05, 0) is 56.5 Å². The summed E-state index contributed by atoms with van der Waals surface area (Å²) in [6, 6.07) is 7.68. The molecule has 158 valence electrons. The molecule has 0 bridgehead atoms. The van der Waals surface area contributed by atoms with E-state index in [0.717, 1.165) is 31.0 Å². The molecule has 7 heteroatoms. The predicted octanol–water partition coefficient (Wildman–Crippen LogP) is 2.45. The number of likely N-dealkylation sites (tertiary alicyclic amines) is 1. The van der Waals surface area contributed by atoms with Gasteiger partial charge >= 0.3 is 0 Å². The maximum atomic E-state index is 11.5. The first-order valence-corrected chi connectivity index (χ1v) is 12.3. The second-order valence-corrected chi connectivity index (χ2v) is 9.60. The summed E-state index contributed by atoms with van der Waals surface area (Å²) in [7, 11) is -1.34. The molecule has 1 aromatic carbocycles. The maximum absolute atomic E-state index is 11.5. The fraction of sp³-hybridized carbons (Fsp3) is 0.667. The lowest BCUT2D eigenvalue weighted by Crippen LogP contribution is -2.49. The molecule has 0 aliphatic carbocycles. The van der Waals surface area contributed by atoms with Gasteiger partial charge < -0.3 is 10.6 Å². The van der Waals surface area contributed by atoms with Crippen molar-refractivity contribution in [2.45, 2.75) is 56.4 Å². The van der Waals surface area contributed by atoms with Gasteiger partial charge in [-0.25, -0.2) is 8.42 Å². The molecule has 2 rings (SSSR count). The molecule has 1 aliphatic heterocycles. The van der Waals surface area contributed by atoms with Crippen molar-refractivity contribution in [3.8, 4) is 0 Å². The molecule has 0 aromatic heterocycles. The zero-order valence-corrected chi connectivity index (χ0v) is 18.4. The molecular weight excluding hydrogens is 372 g/mol. The van der Waals surface area contributed by atoms with Crippen molar-refractivity contribution >= 4 is 15.8 Å². The van der Waals surface area contributed by atoms with E-state index in [1.165, 1.54) is 51.4 Å². The minimum Gasteiger partial charge on any atom is -0.356 e. The minimum absolute atomic E-state index is 0.363. The van der Waals surface area contributed by atoms with E-state index < -0.39 is 9.84 Å². The highest BCUT2D eigenvalue weighted by Gasteiger charge is 2.21. The summed E-state index contributed by atoms with van der Waals surface area (Å²) in [5, 5.41) is 6.84. The number of hydrogen-bond donors (Lipinski definition) is 2. The average molecular weight is 409 g/mol. The molecule has 1 atom stereocenters. The normalized spacial score (nSPS) is 18.8. The van der Waals surface area contributed by atoms with Crippen LogP contribution in [0.4, 0.5) is 0 Å². The first-order valence-electron chi connectivity index (χ1n) is 10.4. The van der Waals surface area contributed by atoms with Crippen LogP contribution < -0.4 is 10.6 Å². The molecule has 0 spiro atoms. The topological polar surface area (TPSA) is 73.8 Å². The largest absolute Gasteiger partial charge is 0.356 e. The quantitative estimate of drug-likeness (QED) is 0.485. The van der Waals surface area contributed by atoms with E-state index in [-0.39, 0.29) is 0 Å². The summed E-state index contributed by atoms with van der Waals surface area (Å²) in [5.74, 6) is 0.828. The molecule has 0 radical (unpaired) electrons. The highest BCUT2D eigenvalue weighted by Crippen LogP contribution is 2.17. The van der Waals surface area contributed by atoms with Crippen molar-refractivity contribution in [2.75, 3.05) is 39.5 Å². The van der Waals surface area contributed by atoms with Gasteiger partial charge in [-0.1, -0.05) is 31.9 Å². The second kappa shape index (κ2) is 11.4. The van der Waals surface area contributed by atoms with Crippen LogP contribution in [0.3, 0.4) is 0 Å². The Balaban J connectivity index is 1.76. The Labute approximate surface area is 170 Å². The Kier molecular flexibility index (Phi) is 9.25. The lowest BCUT2D eigenvalue weighted by Gasteiger charge is -2.36. The molecule has 1 saturated heterocycles. The van der Waals surface area contributed by atoms with E-state index in [4.69, 9.17) is 0 Å². The van der Waals surface area contributed by atoms with Crippen molar-refractivity contribution in [1.82, 2.24) is 15.5 Å². The van der Waals surface area contributed by atoms with Crippen LogP contribution in [0.15, 0.2) is 34.2 Å².